The van der Waals surface area contributed by atoms with Crippen LogP contribution in [0.5, 0.6) is 0 Å². The van der Waals surface area contributed by atoms with E-state index >= 15 is 0 Å². The van der Waals surface area contributed by atoms with Crippen LogP contribution in [0.1, 0.15) is 0 Å². The number of halogens is 1. The van der Waals surface area contributed by atoms with Gasteiger partial charge in [-0.25, -0.2) is 0 Å². The molecule has 0 fully saturated rings. The Morgan fingerprint density at radius 3 is 1.38 bits per heavy atom. The molecule has 0 bridgehead atoms. The van der Waals surface area contributed by atoms with Gasteiger partial charge in [-0.15, -0.1) is 0 Å². The summed E-state index contributed by atoms with van der Waals surface area (Å²) in [6.45, 7) is -0.138. The molecule has 2 N–H and O–H groups in total. The molecular formula is C10H16ClNO4. The van der Waals surface area contributed by atoms with Crippen LogP contribution in [0.3, 0.4) is 0 Å². The van der Waals surface area contributed by atoms with Gasteiger partial charge in [-0.2, -0.15) is 0 Å². The third-order valence-electron chi connectivity index (χ3n) is 1.23. The largest absolute Gasteiger partial charge is 0.394 e. The minimum Gasteiger partial charge on any atom is -0.394 e. The van der Waals surface area contributed by atoms with Crippen LogP contribution in [0.4, 0.5) is 0 Å². The molecule has 0 unspecified atom stereocenters. The van der Waals surface area contributed by atoms with Crippen LogP contribution in [0, 0.1) is 0 Å². The second-order valence-corrected chi connectivity index (χ2v) is 2.76. The van der Waals surface area contributed by atoms with Crippen molar-refractivity contribution in [2.75, 3.05) is 26.4 Å². The van der Waals surface area contributed by atoms with Gasteiger partial charge < -0.3 is 10.2 Å². The zero-order valence-corrected chi connectivity index (χ0v) is 9.58. The van der Waals surface area contributed by atoms with Gasteiger partial charge in [-0.05, 0) is 0 Å². The Bertz CT molecular complexity index is 191. The minimum absolute atomic E-state index is 0.0644. The molecule has 0 atom stereocenters. The van der Waals surface area contributed by atoms with E-state index in [1.54, 1.807) is 0 Å². The number of aliphatic hydroxyl groups is 2. The summed E-state index contributed by atoms with van der Waals surface area (Å²) >= 11 is 5.21. The summed E-state index contributed by atoms with van der Waals surface area (Å²) in [7, 11) is 0. The summed E-state index contributed by atoms with van der Waals surface area (Å²) in [4.78, 5) is 9.02. The van der Waals surface area contributed by atoms with Crippen molar-refractivity contribution in [3.05, 3.63) is 36.4 Å². The van der Waals surface area contributed by atoms with Crippen LogP contribution in [0.2, 0.25) is 0 Å². The number of hydrogen-bond donors (Lipinski definition) is 2. The lowest BCUT2D eigenvalue weighted by Crippen LogP contribution is -2.18. The standard InChI is InChI=1S/C6H6.C4H10ClNO4/c1-2-4-6-5-3-1;5-6(9-3-1-7)10-4-2-8/h1-6H;7-8H,1-4H2. The topological polar surface area (TPSA) is 62.2 Å². The molecule has 6 heteroatoms. The fourth-order valence-corrected chi connectivity index (χ4v) is 0.785. The second kappa shape index (κ2) is 12.4. The van der Waals surface area contributed by atoms with E-state index in [0.717, 1.165) is 0 Å². The molecule has 16 heavy (non-hydrogen) atoms. The predicted octanol–water partition coefficient (Wildman–Crippen LogP) is 0.977. The molecule has 1 aromatic rings. The summed E-state index contributed by atoms with van der Waals surface area (Å²) in [5, 5.41) is 16.5. The van der Waals surface area contributed by atoms with Crippen LogP contribution in [-0.2, 0) is 9.68 Å². The van der Waals surface area contributed by atoms with Crippen molar-refractivity contribution in [2.45, 2.75) is 0 Å². The van der Waals surface area contributed by atoms with E-state index in [1.165, 1.54) is 0 Å². The second-order valence-electron chi connectivity index (χ2n) is 2.48. The molecule has 0 saturated heterocycles. The number of nitrogens with zero attached hydrogens (tertiary/aromatic N) is 1. The van der Waals surface area contributed by atoms with Gasteiger partial charge in [0.1, 0.15) is 0 Å². The summed E-state index contributed by atoms with van der Waals surface area (Å²) in [5.74, 6) is 0. The van der Waals surface area contributed by atoms with E-state index < -0.39 is 0 Å². The first-order valence-electron chi connectivity index (χ1n) is 4.74. The molecule has 0 amide bonds. The average Bonchev–Trinajstić information content (AvgIpc) is 2.36. The highest BCUT2D eigenvalue weighted by atomic mass is 35.5. The van der Waals surface area contributed by atoms with E-state index in [2.05, 4.69) is 9.68 Å². The Labute approximate surface area is 99.8 Å². The molecule has 1 rings (SSSR count). The lowest BCUT2D eigenvalue weighted by molar-refractivity contribution is -0.307. The van der Waals surface area contributed by atoms with Crippen molar-refractivity contribution in [1.82, 2.24) is 4.75 Å². The SMILES string of the molecule is OCCON(Cl)OCCO.c1ccccc1. The van der Waals surface area contributed by atoms with Gasteiger partial charge in [-0.1, -0.05) is 36.4 Å². The summed E-state index contributed by atoms with van der Waals surface area (Å²) in [6, 6.07) is 12.0. The van der Waals surface area contributed by atoms with E-state index in [0.29, 0.717) is 4.75 Å². The van der Waals surface area contributed by atoms with Crippen LogP contribution in [0.15, 0.2) is 36.4 Å². The zero-order chi connectivity index (χ0) is 12.1. The molecule has 0 heterocycles. The van der Waals surface area contributed by atoms with E-state index in [1.807, 2.05) is 36.4 Å². The van der Waals surface area contributed by atoms with Crippen molar-refractivity contribution < 1.29 is 19.9 Å². The maximum Gasteiger partial charge on any atom is 0.0956 e. The predicted molar refractivity (Wildman–Crippen MR) is 60.2 cm³/mol. The maximum atomic E-state index is 8.23. The number of benzene rings is 1. The Kier molecular flexibility index (Phi) is 11.8. The molecule has 0 aliphatic carbocycles. The van der Waals surface area contributed by atoms with E-state index in [9.17, 15) is 0 Å². The Morgan fingerprint density at radius 2 is 1.12 bits per heavy atom. The van der Waals surface area contributed by atoms with Gasteiger partial charge in [0, 0.05) is 16.5 Å². The number of aliphatic hydroxyl groups excluding tert-OH is 2. The molecule has 0 spiro atoms. The van der Waals surface area contributed by atoms with Gasteiger partial charge in [0.2, 0.25) is 0 Å². The number of rotatable bonds is 6. The lowest BCUT2D eigenvalue weighted by Gasteiger charge is -2.10. The molecular weight excluding hydrogens is 234 g/mol. The lowest BCUT2D eigenvalue weighted by atomic mass is 10.4. The quantitative estimate of drug-likeness (QED) is 0.581. The Morgan fingerprint density at radius 1 is 0.812 bits per heavy atom. The summed E-state index contributed by atoms with van der Waals surface area (Å²) in [6.07, 6.45) is 0. The minimum atomic E-state index is -0.133. The first-order chi connectivity index (χ1) is 7.81. The highest BCUT2D eigenvalue weighted by molar-refractivity contribution is 6.11. The monoisotopic (exact) mass is 249 g/mol. The van der Waals surface area contributed by atoms with Gasteiger partial charge in [0.15, 0.2) is 0 Å². The highest BCUT2D eigenvalue weighted by Gasteiger charge is 1.98. The molecule has 0 aliphatic rings. The van der Waals surface area contributed by atoms with Crippen LogP contribution < -0.4 is 0 Å². The maximum absolute atomic E-state index is 8.23. The Balaban J connectivity index is 0.000000315. The third kappa shape index (κ3) is 11.4. The van der Waals surface area contributed by atoms with Crippen LogP contribution in [-0.4, -0.2) is 41.4 Å². The van der Waals surface area contributed by atoms with Crippen molar-refractivity contribution in [1.29, 1.82) is 0 Å². The van der Waals surface area contributed by atoms with E-state index in [-0.39, 0.29) is 26.4 Å². The van der Waals surface area contributed by atoms with Crippen LogP contribution in [0.25, 0.3) is 0 Å². The first kappa shape index (κ1) is 15.3. The van der Waals surface area contributed by atoms with Gasteiger partial charge in [-0.3, -0.25) is 9.68 Å². The molecule has 0 aliphatic heterocycles. The van der Waals surface area contributed by atoms with Gasteiger partial charge in [0.25, 0.3) is 0 Å². The fraction of sp³-hybridized carbons (Fsp3) is 0.400. The molecule has 5 nitrogen and oxygen atoms in total. The summed E-state index contributed by atoms with van der Waals surface area (Å²) in [5.41, 5.74) is 0. The molecule has 92 valence electrons. The normalized spacial score (nSPS) is 9.75. The van der Waals surface area contributed by atoms with Crippen molar-refractivity contribution in [3.63, 3.8) is 0 Å². The van der Waals surface area contributed by atoms with Gasteiger partial charge >= 0.3 is 0 Å². The Hall–Kier alpha value is -0.690. The third-order valence-corrected chi connectivity index (χ3v) is 1.43. The molecule has 0 radical (unpaired) electrons. The van der Waals surface area contributed by atoms with Crippen molar-refractivity contribution in [2.24, 2.45) is 0 Å². The zero-order valence-electron chi connectivity index (χ0n) is 8.83. The smallest absolute Gasteiger partial charge is 0.0956 e. The molecule has 1 aromatic carbocycles. The molecule has 0 saturated carbocycles. The summed E-state index contributed by atoms with van der Waals surface area (Å²) < 4.78 is 0.576. The van der Waals surface area contributed by atoms with Gasteiger partial charge in [0.05, 0.1) is 26.4 Å². The fourth-order valence-electron chi connectivity index (χ4n) is 0.647. The highest BCUT2D eigenvalue weighted by Crippen LogP contribution is 1.95. The molecule has 0 aromatic heterocycles. The van der Waals surface area contributed by atoms with Crippen molar-refractivity contribution >= 4 is 11.8 Å². The van der Waals surface area contributed by atoms with E-state index in [4.69, 9.17) is 22.0 Å². The first-order valence-corrected chi connectivity index (χ1v) is 5.08. The number of hydrogen-bond acceptors (Lipinski definition) is 5. The van der Waals surface area contributed by atoms with Crippen molar-refractivity contribution in [3.8, 4) is 0 Å². The van der Waals surface area contributed by atoms with Crippen LogP contribution >= 0.6 is 11.8 Å². The average molecular weight is 250 g/mol.